The Balaban J connectivity index is 1.42. The average molecular weight is 500 g/mol. The van der Waals surface area contributed by atoms with E-state index in [-0.39, 0.29) is 17.9 Å². The lowest BCUT2D eigenvalue weighted by Crippen LogP contribution is -2.36. The fourth-order valence-electron chi connectivity index (χ4n) is 5.08. The van der Waals surface area contributed by atoms with Crippen molar-refractivity contribution in [3.63, 3.8) is 0 Å². The molecule has 2 aromatic carbocycles. The van der Waals surface area contributed by atoms with E-state index in [1.165, 1.54) is 11.8 Å². The van der Waals surface area contributed by atoms with Crippen LogP contribution in [0.5, 0.6) is 0 Å². The summed E-state index contributed by atoms with van der Waals surface area (Å²) < 4.78 is 21.6. The van der Waals surface area contributed by atoms with Crippen LogP contribution in [0.15, 0.2) is 91.3 Å². The minimum atomic E-state index is -0.274. The van der Waals surface area contributed by atoms with E-state index in [1.54, 1.807) is 18.3 Å². The quantitative estimate of drug-likeness (QED) is 0.389. The number of nitrogens with zero attached hydrogens (tertiary/aromatic N) is 4. The number of halogens is 1. The molecule has 0 amide bonds. The van der Waals surface area contributed by atoms with Crippen molar-refractivity contribution >= 4 is 28.7 Å². The lowest BCUT2D eigenvalue weighted by molar-refractivity contribution is 0.122. The minimum absolute atomic E-state index is 0.181. The van der Waals surface area contributed by atoms with Gasteiger partial charge in [0.1, 0.15) is 11.9 Å². The Morgan fingerprint density at radius 2 is 1.69 bits per heavy atom. The van der Waals surface area contributed by atoms with E-state index >= 15 is 0 Å². The number of morpholine rings is 1. The van der Waals surface area contributed by atoms with Crippen LogP contribution in [0.25, 0.3) is 5.69 Å². The number of hydrogen-bond acceptors (Lipinski definition) is 4. The van der Waals surface area contributed by atoms with Crippen LogP contribution in [0.4, 0.5) is 15.8 Å². The molecule has 36 heavy (non-hydrogen) atoms. The van der Waals surface area contributed by atoms with Gasteiger partial charge in [-0.1, -0.05) is 12.1 Å². The molecule has 0 spiro atoms. The third kappa shape index (κ3) is 4.23. The zero-order chi connectivity index (χ0) is 24.5. The van der Waals surface area contributed by atoms with Gasteiger partial charge in [-0.2, -0.15) is 0 Å². The van der Waals surface area contributed by atoms with Crippen LogP contribution in [0, 0.1) is 5.82 Å². The van der Waals surface area contributed by atoms with Crippen LogP contribution in [-0.4, -0.2) is 41.0 Å². The molecule has 6 nitrogen and oxygen atoms in total. The highest BCUT2D eigenvalue weighted by Gasteiger charge is 2.42. The van der Waals surface area contributed by atoms with Gasteiger partial charge in [-0.05, 0) is 78.9 Å². The Bertz CT molecular complexity index is 1350. The van der Waals surface area contributed by atoms with Crippen LogP contribution in [0.3, 0.4) is 0 Å². The number of aromatic nitrogens is 2. The summed E-state index contributed by atoms with van der Waals surface area (Å²) in [5.41, 5.74) is 4.79. The van der Waals surface area contributed by atoms with Crippen molar-refractivity contribution in [1.82, 2.24) is 14.9 Å². The van der Waals surface area contributed by atoms with Gasteiger partial charge in [0.15, 0.2) is 5.11 Å². The number of benzene rings is 2. The van der Waals surface area contributed by atoms with Crippen molar-refractivity contribution < 1.29 is 9.13 Å². The van der Waals surface area contributed by atoms with Gasteiger partial charge in [-0.15, -0.1) is 0 Å². The van der Waals surface area contributed by atoms with Crippen molar-refractivity contribution in [2.75, 3.05) is 36.1 Å². The molecule has 2 saturated heterocycles. The van der Waals surface area contributed by atoms with Crippen molar-refractivity contribution in [3.05, 3.63) is 108 Å². The van der Waals surface area contributed by atoms with E-state index in [0.29, 0.717) is 5.11 Å². The molecule has 0 bridgehead atoms. The summed E-state index contributed by atoms with van der Waals surface area (Å²) in [6.45, 7) is 3.25. The van der Waals surface area contributed by atoms with Crippen molar-refractivity contribution in [3.8, 4) is 5.69 Å². The second-order valence-corrected chi connectivity index (χ2v) is 9.28. The zero-order valence-corrected chi connectivity index (χ0v) is 20.4. The van der Waals surface area contributed by atoms with Gasteiger partial charge in [0.25, 0.3) is 0 Å². The number of ether oxygens (including phenoxy) is 1. The summed E-state index contributed by atoms with van der Waals surface area (Å²) in [4.78, 5) is 9.11. The molecular weight excluding hydrogens is 473 g/mol. The molecule has 1 N–H and O–H groups in total. The predicted octanol–water partition coefficient (Wildman–Crippen LogP) is 5.03. The summed E-state index contributed by atoms with van der Waals surface area (Å²) in [7, 11) is 0. The van der Waals surface area contributed by atoms with Gasteiger partial charge >= 0.3 is 0 Å². The van der Waals surface area contributed by atoms with E-state index in [9.17, 15) is 4.39 Å². The number of pyridine rings is 1. The highest BCUT2D eigenvalue weighted by Crippen LogP contribution is 2.42. The van der Waals surface area contributed by atoms with E-state index in [2.05, 4.69) is 50.4 Å². The topological polar surface area (TPSA) is 45.6 Å². The normalized spacial score (nSPS) is 20.0. The van der Waals surface area contributed by atoms with Crippen LogP contribution >= 0.6 is 12.2 Å². The second-order valence-electron chi connectivity index (χ2n) is 8.90. The number of hydrogen-bond donors (Lipinski definition) is 1. The molecule has 4 heterocycles. The first-order valence-electron chi connectivity index (χ1n) is 12.1. The average Bonchev–Trinajstić information content (AvgIpc) is 3.54. The highest BCUT2D eigenvalue weighted by molar-refractivity contribution is 7.80. The van der Waals surface area contributed by atoms with Crippen LogP contribution in [0.2, 0.25) is 0 Å². The number of anilines is 2. The van der Waals surface area contributed by atoms with Gasteiger partial charge in [0.2, 0.25) is 0 Å². The fourth-order valence-corrected chi connectivity index (χ4v) is 5.42. The number of thiocarbonyl (C=S) groups is 1. The Kier molecular flexibility index (Phi) is 6.13. The molecule has 0 saturated carbocycles. The van der Waals surface area contributed by atoms with Crippen LogP contribution < -0.4 is 15.1 Å². The van der Waals surface area contributed by atoms with Gasteiger partial charge in [0.05, 0.1) is 24.9 Å². The summed E-state index contributed by atoms with van der Waals surface area (Å²) in [6, 6.07) is 24.7. The lowest BCUT2D eigenvalue weighted by atomic mass is 10.0. The maximum Gasteiger partial charge on any atom is 0.174 e. The van der Waals surface area contributed by atoms with Gasteiger partial charge in [0, 0.05) is 48.2 Å². The standard InChI is InChI=1S/C28H26FN5OS/c29-20-5-3-6-23(19-20)33-14-4-8-25(33)27-26(24-7-1-2-13-30-24)31-28(36)34(27)22-11-9-21(10-12-22)32-15-17-35-18-16-32/h1-14,19,26-27H,15-18H2,(H,31,36)/t26-,27+/m0/s1. The minimum Gasteiger partial charge on any atom is -0.378 e. The van der Waals surface area contributed by atoms with Gasteiger partial charge < -0.3 is 24.4 Å². The molecule has 6 rings (SSSR count). The Hall–Kier alpha value is -3.75. The predicted molar refractivity (Wildman–Crippen MR) is 143 cm³/mol. The molecule has 8 heteroatoms. The Morgan fingerprint density at radius 1 is 0.889 bits per heavy atom. The first-order chi connectivity index (χ1) is 17.7. The fraction of sp³-hybridized carbons (Fsp3) is 0.214. The monoisotopic (exact) mass is 499 g/mol. The van der Waals surface area contributed by atoms with E-state index in [0.717, 1.165) is 49.1 Å². The summed E-state index contributed by atoms with van der Waals surface area (Å²) in [6.07, 6.45) is 3.75. The van der Waals surface area contributed by atoms with Gasteiger partial charge in [-0.25, -0.2) is 4.39 Å². The molecule has 0 unspecified atom stereocenters. The SMILES string of the molecule is Fc1cccc(-n2cccc2[C@@H]2[C@H](c3ccccn3)NC(=S)N2c2ccc(N3CCOCC3)cc2)c1. The van der Waals surface area contributed by atoms with E-state index in [4.69, 9.17) is 17.0 Å². The summed E-state index contributed by atoms with van der Waals surface area (Å²) in [5.74, 6) is -0.274. The molecule has 182 valence electrons. The van der Waals surface area contributed by atoms with Crippen LogP contribution in [0.1, 0.15) is 23.5 Å². The molecule has 0 aliphatic carbocycles. The number of nitrogens with one attached hydrogen (secondary N) is 1. The molecule has 4 aromatic rings. The lowest BCUT2D eigenvalue weighted by Gasteiger charge is -2.31. The van der Waals surface area contributed by atoms with E-state index in [1.807, 2.05) is 41.1 Å². The molecule has 2 aromatic heterocycles. The van der Waals surface area contributed by atoms with E-state index < -0.39 is 0 Å². The third-order valence-electron chi connectivity index (χ3n) is 6.77. The first-order valence-corrected chi connectivity index (χ1v) is 12.5. The third-order valence-corrected chi connectivity index (χ3v) is 7.09. The Labute approximate surface area is 214 Å². The largest absolute Gasteiger partial charge is 0.378 e. The molecule has 0 radical (unpaired) electrons. The molecule has 2 atom stereocenters. The smallest absolute Gasteiger partial charge is 0.174 e. The molecule has 2 fully saturated rings. The summed E-state index contributed by atoms with van der Waals surface area (Å²) in [5, 5.41) is 4.13. The molecule has 2 aliphatic heterocycles. The second kappa shape index (κ2) is 9.72. The first kappa shape index (κ1) is 22.7. The molecule has 2 aliphatic rings. The maximum absolute atomic E-state index is 14.1. The maximum atomic E-state index is 14.1. The van der Waals surface area contributed by atoms with Crippen molar-refractivity contribution in [2.45, 2.75) is 12.1 Å². The Morgan fingerprint density at radius 3 is 2.44 bits per heavy atom. The zero-order valence-electron chi connectivity index (χ0n) is 19.6. The van der Waals surface area contributed by atoms with Gasteiger partial charge in [-0.3, -0.25) is 4.98 Å². The van der Waals surface area contributed by atoms with Crippen molar-refractivity contribution in [2.24, 2.45) is 0 Å². The number of rotatable bonds is 5. The summed E-state index contributed by atoms with van der Waals surface area (Å²) >= 11 is 5.88. The molecular formula is C28H26FN5OS. The van der Waals surface area contributed by atoms with Crippen molar-refractivity contribution in [1.29, 1.82) is 0 Å². The van der Waals surface area contributed by atoms with Crippen LogP contribution in [-0.2, 0) is 4.74 Å². The highest BCUT2D eigenvalue weighted by atomic mass is 32.1.